The van der Waals surface area contributed by atoms with Gasteiger partial charge < -0.3 is 10.1 Å². The van der Waals surface area contributed by atoms with Crippen LogP contribution in [0.15, 0.2) is 24.3 Å². The minimum atomic E-state index is 0.529. The summed E-state index contributed by atoms with van der Waals surface area (Å²) in [6, 6.07) is 8.26. The van der Waals surface area contributed by atoms with Gasteiger partial charge in [0, 0.05) is 30.9 Å². The van der Waals surface area contributed by atoms with Crippen LogP contribution in [0.4, 0.5) is 0 Å². The van der Waals surface area contributed by atoms with E-state index in [1.807, 2.05) is 12.1 Å². The van der Waals surface area contributed by atoms with Crippen molar-refractivity contribution in [2.24, 2.45) is 5.41 Å². The second-order valence-electron chi connectivity index (χ2n) is 8.04. The van der Waals surface area contributed by atoms with Crippen molar-refractivity contribution in [3.8, 4) is 5.75 Å². The number of hydrogen-bond donors (Lipinski definition) is 1. The highest BCUT2D eigenvalue weighted by Gasteiger charge is 2.40. The summed E-state index contributed by atoms with van der Waals surface area (Å²) >= 11 is 0. The van der Waals surface area contributed by atoms with Gasteiger partial charge in [0.05, 0.1) is 19.3 Å². The molecule has 4 rings (SSSR count). The molecule has 5 heteroatoms. The maximum atomic E-state index is 5.25. The van der Waals surface area contributed by atoms with E-state index in [0.29, 0.717) is 5.41 Å². The Labute approximate surface area is 156 Å². The molecule has 1 aromatic heterocycles. The summed E-state index contributed by atoms with van der Waals surface area (Å²) in [4.78, 5) is 2.63. The Balaban J connectivity index is 1.46. The third-order valence-electron chi connectivity index (χ3n) is 6.25. The van der Waals surface area contributed by atoms with Crippen LogP contribution in [0.25, 0.3) is 0 Å². The molecule has 2 aliphatic rings. The molecule has 140 valence electrons. The lowest BCUT2D eigenvalue weighted by Gasteiger charge is -2.23. The number of benzene rings is 1. The Morgan fingerprint density at radius 1 is 1.15 bits per heavy atom. The maximum Gasteiger partial charge on any atom is 0.118 e. The molecule has 1 spiro atoms. The molecule has 1 unspecified atom stereocenters. The normalized spacial score (nSPS) is 23.2. The van der Waals surface area contributed by atoms with E-state index in [4.69, 9.17) is 9.84 Å². The standard InChI is InChI=1S/C21H30N4O/c1-16-20(13-24-11-9-21(15-24)8-10-22-14-21)17(2)25(23-16)12-18-4-6-19(26-3)7-5-18/h4-7,22H,8-15H2,1-3H3. The van der Waals surface area contributed by atoms with Gasteiger partial charge in [0.15, 0.2) is 0 Å². The van der Waals surface area contributed by atoms with Crippen LogP contribution >= 0.6 is 0 Å². The molecule has 0 saturated carbocycles. The summed E-state index contributed by atoms with van der Waals surface area (Å²) in [5.74, 6) is 0.896. The monoisotopic (exact) mass is 354 g/mol. The van der Waals surface area contributed by atoms with Crippen molar-refractivity contribution >= 4 is 0 Å². The molecule has 0 aliphatic carbocycles. The van der Waals surface area contributed by atoms with E-state index in [1.165, 1.54) is 61.5 Å². The predicted molar refractivity (Wildman–Crippen MR) is 104 cm³/mol. The zero-order chi connectivity index (χ0) is 18.1. The summed E-state index contributed by atoms with van der Waals surface area (Å²) in [7, 11) is 1.70. The summed E-state index contributed by atoms with van der Waals surface area (Å²) < 4.78 is 7.40. The molecule has 2 saturated heterocycles. The molecule has 26 heavy (non-hydrogen) atoms. The van der Waals surface area contributed by atoms with Crippen molar-refractivity contribution in [1.82, 2.24) is 20.0 Å². The number of nitrogens with one attached hydrogen (secondary N) is 1. The van der Waals surface area contributed by atoms with Gasteiger partial charge in [-0.05, 0) is 62.9 Å². The zero-order valence-electron chi connectivity index (χ0n) is 16.2. The molecule has 0 radical (unpaired) electrons. The van der Waals surface area contributed by atoms with E-state index in [0.717, 1.165) is 18.8 Å². The van der Waals surface area contributed by atoms with E-state index in [2.05, 4.69) is 40.9 Å². The Morgan fingerprint density at radius 2 is 1.96 bits per heavy atom. The number of aromatic nitrogens is 2. The minimum absolute atomic E-state index is 0.529. The van der Waals surface area contributed by atoms with Crippen LogP contribution < -0.4 is 10.1 Å². The predicted octanol–water partition coefficient (Wildman–Crippen LogP) is 2.74. The van der Waals surface area contributed by atoms with Crippen molar-refractivity contribution < 1.29 is 4.74 Å². The van der Waals surface area contributed by atoms with Crippen LogP contribution in [0.2, 0.25) is 0 Å². The fraction of sp³-hybridized carbons (Fsp3) is 0.571. The molecule has 1 aromatic carbocycles. The quantitative estimate of drug-likeness (QED) is 0.897. The number of methoxy groups -OCH3 is 1. The first-order chi connectivity index (χ1) is 12.6. The van der Waals surface area contributed by atoms with Crippen LogP contribution in [-0.4, -0.2) is 48.0 Å². The van der Waals surface area contributed by atoms with Gasteiger partial charge in [0.25, 0.3) is 0 Å². The molecule has 0 bridgehead atoms. The van der Waals surface area contributed by atoms with Gasteiger partial charge in [-0.15, -0.1) is 0 Å². The zero-order valence-corrected chi connectivity index (χ0v) is 16.2. The third kappa shape index (κ3) is 3.38. The number of ether oxygens (including phenoxy) is 1. The van der Waals surface area contributed by atoms with E-state index < -0.39 is 0 Å². The van der Waals surface area contributed by atoms with Gasteiger partial charge in [-0.3, -0.25) is 9.58 Å². The first-order valence-electron chi connectivity index (χ1n) is 9.67. The topological polar surface area (TPSA) is 42.3 Å². The summed E-state index contributed by atoms with van der Waals surface area (Å²) in [6.07, 6.45) is 2.66. The minimum Gasteiger partial charge on any atom is -0.497 e. The Hall–Kier alpha value is -1.85. The lowest BCUT2D eigenvalue weighted by atomic mass is 9.86. The van der Waals surface area contributed by atoms with Crippen LogP contribution in [0.1, 0.15) is 35.4 Å². The van der Waals surface area contributed by atoms with Crippen molar-refractivity contribution in [2.75, 3.05) is 33.3 Å². The second kappa shape index (κ2) is 7.05. The maximum absolute atomic E-state index is 5.25. The lowest BCUT2D eigenvalue weighted by molar-refractivity contribution is 0.268. The van der Waals surface area contributed by atoms with Gasteiger partial charge in [-0.1, -0.05) is 12.1 Å². The van der Waals surface area contributed by atoms with Crippen LogP contribution in [0.5, 0.6) is 5.75 Å². The number of hydrogen-bond acceptors (Lipinski definition) is 4. The summed E-state index contributed by atoms with van der Waals surface area (Å²) in [6.45, 7) is 11.0. The van der Waals surface area contributed by atoms with Crippen molar-refractivity contribution in [3.05, 3.63) is 46.8 Å². The number of aryl methyl sites for hydroxylation is 1. The van der Waals surface area contributed by atoms with E-state index in [9.17, 15) is 0 Å². The first-order valence-corrected chi connectivity index (χ1v) is 9.67. The van der Waals surface area contributed by atoms with Crippen molar-refractivity contribution in [1.29, 1.82) is 0 Å². The third-order valence-corrected chi connectivity index (χ3v) is 6.25. The first kappa shape index (κ1) is 17.6. The highest BCUT2D eigenvalue weighted by Crippen LogP contribution is 2.37. The van der Waals surface area contributed by atoms with Gasteiger partial charge in [0.1, 0.15) is 5.75 Å². The lowest BCUT2D eigenvalue weighted by Crippen LogP contribution is -2.29. The van der Waals surface area contributed by atoms with Crippen molar-refractivity contribution in [3.63, 3.8) is 0 Å². The fourth-order valence-electron chi connectivity index (χ4n) is 4.55. The number of likely N-dealkylation sites (tertiary alicyclic amines) is 1. The smallest absolute Gasteiger partial charge is 0.118 e. The van der Waals surface area contributed by atoms with Crippen LogP contribution in [0, 0.1) is 19.3 Å². The van der Waals surface area contributed by atoms with Gasteiger partial charge in [-0.2, -0.15) is 5.10 Å². The Bertz CT molecular complexity index is 759. The SMILES string of the molecule is COc1ccc(Cn2nc(C)c(CN3CCC4(CCNC4)C3)c2C)cc1. The van der Waals surface area contributed by atoms with Crippen LogP contribution in [-0.2, 0) is 13.1 Å². The Morgan fingerprint density at radius 3 is 2.65 bits per heavy atom. The Kier molecular flexibility index (Phi) is 4.76. The molecule has 3 heterocycles. The molecule has 1 N–H and O–H groups in total. The van der Waals surface area contributed by atoms with E-state index in [-0.39, 0.29) is 0 Å². The molecule has 1 atom stereocenters. The molecular weight excluding hydrogens is 324 g/mol. The summed E-state index contributed by atoms with van der Waals surface area (Å²) in [5, 5.41) is 8.38. The highest BCUT2D eigenvalue weighted by molar-refractivity contribution is 5.29. The molecular formula is C21H30N4O. The van der Waals surface area contributed by atoms with Gasteiger partial charge in [0.2, 0.25) is 0 Å². The largest absolute Gasteiger partial charge is 0.497 e. The average Bonchev–Trinajstić information content (AvgIpc) is 3.34. The summed E-state index contributed by atoms with van der Waals surface area (Å²) in [5.41, 5.74) is 5.65. The molecule has 2 fully saturated rings. The highest BCUT2D eigenvalue weighted by atomic mass is 16.5. The molecule has 0 amide bonds. The van der Waals surface area contributed by atoms with E-state index in [1.54, 1.807) is 7.11 Å². The van der Waals surface area contributed by atoms with Gasteiger partial charge in [-0.25, -0.2) is 0 Å². The second-order valence-corrected chi connectivity index (χ2v) is 8.04. The van der Waals surface area contributed by atoms with Crippen molar-refractivity contribution in [2.45, 2.75) is 39.8 Å². The fourth-order valence-corrected chi connectivity index (χ4v) is 4.55. The average molecular weight is 354 g/mol. The van der Waals surface area contributed by atoms with Gasteiger partial charge >= 0.3 is 0 Å². The molecule has 2 aliphatic heterocycles. The molecule has 2 aromatic rings. The van der Waals surface area contributed by atoms with E-state index >= 15 is 0 Å². The van der Waals surface area contributed by atoms with Crippen LogP contribution in [0.3, 0.4) is 0 Å². The molecule has 5 nitrogen and oxygen atoms in total. The number of rotatable bonds is 5. The number of nitrogens with zero attached hydrogens (tertiary/aromatic N) is 3.